The Morgan fingerprint density at radius 1 is 1.56 bits per heavy atom. The van der Waals surface area contributed by atoms with Crippen LogP contribution in [0.1, 0.15) is 36.4 Å². The van der Waals surface area contributed by atoms with Gasteiger partial charge >= 0.3 is 0 Å². The summed E-state index contributed by atoms with van der Waals surface area (Å²) >= 11 is 1.67. The van der Waals surface area contributed by atoms with Gasteiger partial charge in [0.2, 0.25) is 0 Å². The quantitative estimate of drug-likeness (QED) is 0.828. The molecule has 0 spiro atoms. The minimum absolute atomic E-state index is 0.178. The van der Waals surface area contributed by atoms with E-state index in [4.69, 9.17) is 0 Å². The summed E-state index contributed by atoms with van der Waals surface area (Å²) in [5.41, 5.74) is 1.08. The second-order valence-electron chi connectivity index (χ2n) is 4.60. The summed E-state index contributed by atoms with van der Waals surface area (Å²) in [6.45, 7) is 3.48. The van der Waals surface area contributed by atoms with Crippen molar-refractivity contribution in [3.05, 3.63) is 16.1 Å². The SMILES string of the molecule is Cc1nc(CNCC(O)C2CCCC2)cs1. The Labute approximate surface area is 101 Å². The molecule has 1 fully saturated rings. The molecule has 0 radical (unpaired) electrons. The van der Waals surface area contributed by atoms with E-state index in [2.05, 4.69) is 15.7 Å². The van der Waals surface area contributed by atoms with Crippen molar-refractivity contribution in [2.24, 2.45) is 5.92 Å². The van der Waals surface area contributed by atoms with Crippen LogP contribution in [0.15, 0.2) is 5.38 Å². The normalized spacial score (nSPS) is 19.1. The Hall–Kier alpha value is -0.450. The molecule has 1 aliphatic carbocycles. The first-order valence-corrected chi connectivity index (χ1v) is 6.93. The molecule has 2 N–H and O–H groups in total. The average molecular weight is 240 g/mol. The number of nitrogens with one attached hydrogen (secondary N) is 1. The Bertz CT molecular complexity index is 321. The van der Waals surface area contributed by atoms with Crippen LogP contribution in [0.5, 0.6) is 0 Å². The molecule has 2 rings (SSSR count). The molecular weight excluding hydrogens is 220 g/mol. The lowest BCUT2D eigenvalue weighted by Crippen LogP contribution is -2.31. The van der Waals surface area contributed by atoms with Crippen molar-refractivity contribution in [2.75, 3.05) is 6.54 Å². The third kappa shape index (κ3) is 3.27. The first kappa shape index (κ1) is 12.0. The maximum absolute atomic E-state index is 9.95. The summed E-state index contributed by atoms with van der Waals surface area (Å²) in [5, 5.41) is 16.4. The zero-order valence-electron chi connectivity index (χ0n) is 9.78. The molecule has 90 valence electrons. The van der Waals surface area contributed by atoms with E-state index in [-0.39, 0.29) is 6.10 Å². The molecule has 16 heavy (non-hydrogen) atoms. The van der Waals surface area contributed by atoms with E-state index in [0.717, 1.165) is 17.2 Å². The second kappa shape index (κ2) is 5.75. The highest BCUT2D eigenvalue weighted by molar-refractivity contribution is 7.09. The standard InChI is InChI=1S/C12H20N2OS/c1-9-14-11(8-16-9)6-13-7-12(15)10-4-2-3-5-10/h8,10,12-13,15H,2-7H2,1H3. The van der Waals surface area contributed by atoms with Gasteiger partial charge in [-0.2, -0.15) is 0 Å². The van der Waals surface area contributed by atoms with E-state index in [1.807, 2.05) is 6.92 Å². The van der Waals surface area contributed by atoms with Gasteiger partial charge in [0.1, 0.15) is 0 Å². The summed E-state index contributed by atoms with van der Waals surface area (Å²) in [7, 11) is 0. The lowest BCUT2D eigenvalue weighted by atomic mass is 10.0. The fourth-order valence-corrected chi connectivity index (χ4v) is 2.96. The van der Waals surface area contributed by atoms with Crippen molar-refractivity contribution in [3.63, 3.8) is 0 Å². The van der Waals surface area contributed by atoms with Gasteiger partial charge in [0.05, 0.1) is 16.8 Å². The number of rotatable bonds is 5. The predicted molar refractivity (Wildman–Crippen MR) is 66.5 cm³/mol. The lowest BCUT2D eigenvalue weighted by molar-refractivity contribution is 0.109. The highest BCUT2D eigenvalue weighted by Crippen LogP contribution is 2.27. The molecule has 0 bridgehead atoms. The molecule has 1 aromatic heterocycles. The molecule has 0 saturated heterocycles. The Morgan fingerprint density at radius 2 is 2.31 bits per heavy atom. The molecule has 1 unspecified atom stereocenters. The summed E-state index contributed by atoms with van der Waals surface area (Å²) in [5.74, 6) is 0.518. The molecule has 3 nitrogen and oxygen atoms in total. The Balaban J connectivity index is 1.67. The van der Waals surface area contributed by atoms with Crippen LogP contribution < -0.4 is 5.32 Å². The molecule has 1 atom stereocenters. The topological polar surface area (TPSA) is 45.2 Å². The van der Waals surface area contributed by atoms with Crippen LogP contribution in [-0.2, 0) is 6.54 Å². The molecule has 0 aromatic carbocycles. The van der Waals surface area contributed by atoms with Gasteiger partial charge in [0.15, 0.2) is 0 Å². The number of hydrogen-bond donors (Lipinski definition) is 2. The van der Waals surface area contributed by atoms with Crippen LogP contribution in [-0.4, -0.2) is 22.7 Å². The second-order valence-corrected chi connectivity index (χ2v) is 5.66. The van der Waals surface area contributed by atoms with Gasteiger partial charge in [-0.3, -0.25) is 0 Å². The predicted octanol–water partition coefficient (Wildman–Crippen LogP) is 2.09. The van der Waals surface area contributed by atoms with E-state index in [1.54, 1.807) is 11.3 Å². The molecule has 1 aliphatic rings. The Morgan fingerprint density at radius 3 is 2.94 bits per heavy atom. The summed E-state index contributed by atoms with van der Waals surface area (Å²) < 4.78 is 0. The van der Waals surface area contributed by atoms with E-state index >= 15 is 0 Å². The van der Waals surface area contributed by atoms with Crippen molar-refractivity contribution in [3.8, 4) is 0 Å². The minimum Gasteiger partial charge on any atom is -0.392 e. The van der Waals surface area contributed by atoms with Gasteiger partial charge in [-0.1, -0.05) is 12.8 Å². The van der Waals surface area contributed by atoms with Gasteiger partial charge in [0.25, 0.3) is 0 Å². The van der Waals surface area contributed by atoms with Crippen LogP contribution in [0.3, 0.4) is 0 Å². The van der Waals surface area contributed by atoms with Crippen LogP contribution in [0.2, 0.25) is 0 Å². The highest BCUT2D eigenvalue weighted by Gasteiger charge is 2.22. The third-order valence-electron chi connectivity index (χ3n) is 3.27. The fourth-order valence-electron chi connectivity index (χ4n) is 2.35. The van der Waals surface area contributed by atoms with E-state index in [1.165, 1.54) is 25.7 Å². The summed E-state index contributed by atoms with van der Waals surface area (Å²) in [6.07, 6.45) is 4.78. The first-order chi connectivity index (χ1) is 7.75. The maximum Gasteiger partial charge on any atom is 0.0897 e. The van der Waals surface area contributed by atoms with Gasteiger partial charge < -0.3 is 10.4 Å². The van der Waals surface area contributed by atoms with E-state index in [9.17, 15) is 5.11 Å². The van der Waals surface area contributed by atoms with Crippen molar-refractivity contribution in [1.29, 1.82) is 0 Å². The summed E-state index contributed by atoms with van der Waals surface area (Å²) in [6, 6.07) is 0. The fraction of sp³-hybridized carbons (Fsp3) is 0.750. The van der Waals surface area contributed by atoms with Crippen molar-refractivity contribution in [1.82, 2.24) is 10.3 Å². The number of aliphatic hydroxyl groups is 1. The molecule has 1 heterocycles. The number of aromatic nitrogens is 1. The zero-order valence-corrected chi connectivity index (χ0v) is 10.6. The smallest absolute Gasteiger partial charge is 0.0897 e. The van der Waals surface area contributed by atoms with Gasteiger partial charge in [0, 0.05) is 18.5 Å². The molecule has 0 aliphatic heterocycles. The number of aliphatic hydroxyl groups excluding tert-OH is 1. The number of thiazole rings is 1. The molecule has 0 amide bonds. The lowest BCUT2D eigenvalue weighted by Gasteiger charge is -2.17. The Kier molecular flexibility index (Phi) is 4.32. The van der Waals surface area contributed by atoms with Gasteiger partial charge in [-0.05, 0) is 25.7 Å². The van der Waals surface area contributed by atoms with Crippen LogP contribution in [0.25, 0.3) is 0 Å². The molecule has 4 heteroatoms. The van der Waals surface area contributed by atoms with Crippen LogP contribution >= 0.6 is 11.3 Å². The van der Waals surface area contributed by atoms with Crippen molar-refractivity contribution in [2.45, 2.75) is 45.3 Å². The summed E-state index contributed by atoms with van der Waals surface area (Å²) in [4.78, 5) is 4.38. The van der Waals surface area contributed by atoms with E-state index < -0.39 is 0 Å². The first-order valence-electron chi connectivity index (χ1n) is 6.05. The minimum atomic E-state index is -0.178. The molecule has 1 saturated carbocycles. The van der Waals surface area contributed by atoms with E-state index in [0.29, 0.717) is 12.5 Å². The monoisotopic (exact) mass is 240 g/mol. The van der Waals surface area contributed by atoms with Crippen LogP contribution in [0.4, 0.5) is 0 Å². The van der Waals surface area contributed by atoms with Gasteiger partial charge in [-0.15, -0.1) is 11.3 Å². The number of hydrogen-bond acceptors (Lipinski definition) is 4. The average Bonchev–Trinajstić information content (AvgIpc) is 2.89. The van der Waals surface area contributed by atoms with Gasteiger partial charge in [-0.25, -0.2) is 4.98 Å². The zero-order chi connectivity index (χ0) is 11.4. The number of aryl methyl sites for hydroxylation is 1. The van der Waals surface area contributed by atoms with Crippen molar-refractivity contribution < 1.29 is 5.11 Å². The molecule has 1 aromatic rings. The maximum atomic E-state index is 9.95. The third-order valence-corrected chi connectivity index (χ3v) is 4.09. The highest BCUT2D eigenvalue weighted by atomic mass is 32.1. The number of nitrogens with zero attached hydrogens (tertiary/aromatic N) is 1. The molecular formula is C12H20N2OS. The van der Waals surface area contributed by atoms with Crippen LogP contribution in [0, 0.1) is 12.8 Å². The largest absolute Gasteiger partial charge is 0.392 e. The van der Waals surface area contributed by atoms with Crippen molar-refractivity contribution >= 4 is 11.3 Å².